The van der Waals surface area contributed by atoms with Gasteiger partial charge >= 0.3 is 6.55 Å². The molecule has 0 bridgehead atoms. The number of hydrogen-bond donors (Lipinski definition) is 0. The second-order valence-corrected chi connectivity index (χ2v) is 4.36. The molecule has 2 heterocycles. The summed E-state index contributed by atoms with van der Waals surface area (Å²) in [6.07, 6.45) is 4.43. The van der Waals surface area contributed by atoms with Crippen LogP contribution in [0.25, 0.3) is 10.9 Å². The Kier molecular flexibility index (Phi) is 2.95. The number of imidazole rings is 1. The van der Waals surface area contributed by atoms with E-state index in [1.54, 1.807) is 18.3 Å². The van der Waals surface area contributed by atoms with E-state index in [2.05, 4.69) is 11.1 Å². The molecule has 0 N–H and O–H groups in total. The molecule has 2 aromatic heterocycles. The first-order chi connectivity index (χ1) is 9.69. The van der Waals surface area contributed by atoms with Gasteiger partial charge in [0, 0.05) is 29.5 Å². The lowest BCUT2D eigenvalue weighted by Crippen LogP contribution is -2.08. The Labute approximate surface area is 113 Å². The lowest BCUT2D eigenvalue weighted by Gasteiger charge is -2.08. The average Bonchev–Trinajstić information content (AvgIpc) is 3.06. The van der Waals surface area contributed by atoms with E-state index in [-0.39, 0.29) is 6.54 Å². The number of fused-ring (bicyclic) bond motifs is 1. The highest BCUT2D eigenvalue weighted by atomic mass is 19.3. The average molecular weight is 272 g/mol. The molecule has 20 heavy (non-hydrogen) atoms. The zero-order chi connectivity index (χ0) is 14.1. The lowest BCUT2D eigenvalue weighted by molar-refractivity contribution is 0.0667. The van der Waals surface area contributed by atoms with E-state index in [0.717, 1.165) is 15.5 Å². The molecular formula is C14H10F2N4. The third-order valence-corrected chi connectivity index (χ3v) is 3.17. The van der Waals surface area contributed by atoms with E-state index in [0.29, 0.717) is 11.4 Å². The quantitative estimate of drug-likeness (QED) is 0.735. The Morgan fingerprint density at radius 1 is 1.25 bits per heavy atom. The second-order valence-electron chi connectivity index (χ2n) is 4.36. The van der Waals surface area contributed by atoms with Crippen LogP contribution in [0.1, 0.15) is 17.9 Å². The summed E-state index contributed by atoms with van der Waals surface area (Å²) in [5.41, 5.74) is 1.46. The molecule has 100 valence electrons. The Hall–Kier alpha value is -2.68. The van der Waals surface area contributed by atoms with Crippen molar-refractivity contribution in [2.75, 3.05) is 0 Å². The maximum Gasteiger partial charge on any atom is 0.319 e. The largest absolute Gasteiger partial charge is 0.340 e. The van der Waals surface area contributed by atoms with Crippen molar-refractivity contribution in [1.29, 1.82) is 5.26 Å². The summed E-state index contributed by atoms with van der Waals surface area (Å²) in [6, 6.07) is 9.21. The van der Waals surface area contributed by atoms with Gasteiger partial charge in [0.2, 0.25) is 0 Å². The van der Waals surface area contributed by atoms with Crippen molar-refractivity contribution in [1.82, 2.24) is 14.1 Å². The van der Waals surface area contributed by atoms with Crippen molar-refractivity contribution in [2.24, 2.45) is 0 Å². The molecule has 3 rings (SSSR count). The zero-order valence-electron chi connectivity index (χ0n) is 10.4. The van der Waals surface area contributed by atoms with Crippen molar-refractivity contribution >= 4 is 10.9 Å². The molecule has 0 atom stereocenters. The van der Waals surface area contributed by atoms with Gasteiger partial charge in [0.15, 0.2) is 0 Å². The summed E-state index contributed by atoms with van der Waals surface area (Å²) >= 11 is 0. The highest BCUT2D eigenvalue weighted by molar-refractivity contribution is 5.81. The van der Waals surface area contributed by atoms with Crippen LogP contribution >= 0.6 is 0 Å². The summed E-state index contributed by atoms with van der Waals surface area (Å²) in [4.78, 5) is 3.96. The third kappa shape index (κ3) is 2.03. The number of aromatic nitrogens is 3. The minimum absolute atomic E-state index is 0.257. The first-order valence-corrected chi connectivity index (χ1v) is 5.98. The van der Waals surface area contributed by atoms with Crippen molar-refractivity contribution in [3.05, 3.63) is 54.2 Å². The van der Waals surface area contributed by atoms with Gasteiger partial charge in [-0.2, -0.15) is 14.0 Å². The van der Waals surface area contributed by atoms with Crippen LogP contribution in [0.15, 0.2) is 42.9 Å². The molecule has 4 nitrogen and oxygen atoms in total. The number of nitriles is 1. The van der Waals surface area contributed by atoms with Gasteiger partial charge in [-0.05, 0) is 24.3 Å². The van der Waals surface area contributed by atoms with Gasteiger partial charge in [0.05, 0.1) is 18.2 Å². The number of alkyl halides is 2. The molecule has 6 heteroatoms. The van der Waals surface area contributed by atoms with E-state index in [1.165, 1.54) is 12.4 Å². The van der Waals surface area contributed by atoms with Gasteiger partial charge in [-0.3, -0.25) is 4.57 Å². The van der Waals surface area contributed by atoms with Gasteiger partial charge in [0.1, 0.15) is 5.82 Å². The molecule has 0 unspecified atom stereocenters. The van der Waals surface area contributed by atoms with E-state index in [9.17, 15) is 8.78 Å². The summed E-state index contributed by atoms with van der Waals surface area (Å²) in [5, 5.41) is 9.76. The highest BCUT2D eigenvalue weighted by Crippen LogP contribution is 2.20. The zero-order valence-corrected chi connectivity index (χ0v) is 10.4. The van der Waals surface area contributed by atoms with Gasteiger partial charge in [0.25, 0.3) is 0 Å². The molecule has 1 aromatic carbocycles. The van der Waals surface area contributed by atoms with E-state index in [1.807, 2.05) is 16.7 Å². The molecule has 3 aromatic rings. The first kappa shape index (κ1) is 12.4. The number of nitrogens with zero attached hydrogens (tertiary/aromatic N) is 4. The van der Waals surface area contributed by atoms with Crippen LogP contribution in [0.2, 0.25) is 0 Å². The maximum absolute atomic E-state index is 12.8. The number of halogens is 2. The van der Waals surface area contributed by atoms with Gasteiger partial charge in [-0.1, -0.05) is 0 Å². The van der Waals surface area contributed by atoms with Crippen LogP contribution in [0.5, 0.6) is 0 Å². The topological polar surface area (TPSA) is 46.5 Å². The fourth-order valence-electron chi connectivity index (χ4n) is 2.20. The molecule has 0 saturated heterocycles. The normalized spacial score (nSPS) is 11.1. The molecule has 0 fully saturated rings. The number of rotatable bonds is 3. The SMILES string of the molecule is N#Cc1ccc2c(ccn2Cc2nccn2C(F)F)c1. The number of hydrogen-bond acceptors (Lipinski definition) is 2. The van der Waals surface area contributed by atoms with Crippen LogP contribution in [-0.4, -0.2) is 14.1 Å². The molecule has 0 spiro atoms. The van der Waals surface area contributed by atoms with Crippen molar-refractivity contribution in [3.8, 4) is 6.07 Å². The Morgan fingerprint density at radius 2 is 2.10 bits per heavy atom. The molecule has 0 aliphatic heterocycles. The van der Waals surface area contributed by atoms with Crippen molar-refractivity contribution < 1.29 is 8.78 Å². The maximum atomic E-state index is 12.8. The van der Waals surface area contributed by atoms with Gasteiger partial charge in [-0.25, -0.2) is 4.98 Å². The third-order valence-electron chi connectivity index (χ3n) is 3.17. The minimum atomic E-state index is -2.60. The number of benzene rings is 1. The van der Waals surface area contributed by atoms with Crippen LogP contribution < -0.4 is 0 Å². The predicted octanol–water partition coefficient (Wildman–Crippen LogP) is 3.15. The minimum Gasteiger partial charge on any atom is -0.340 e. The summed E-state index contributed by atoms with van der Waals surface area (Å²) < 4.78 is 28.2. The Morgan fingerprint density at radius 3 is 2.85 bits per heavy atom. The van der Waals surface area contributed by atoms with E-state index < -0.39 is 6.55 Å². The van der Waals surface area contributed by atoms with Crippen LogP contribution in [0.3, 0.4) is 0 Å². The Balaban J connectivity index is 1.99. The van der Waals surface area contributed by atoms with Crippen molar-refractivity contribution in [2.45, 2.75) is 13.1 Å². The second kappa shape index (κ2) is 4.78. The summed E-state index contributed by atoms with van der Waals surface area (Å²) in [7, 11) is 0. The summed E-state index contributed by atoms with van der Waals surface area (Å²) in [6.45, 7) is -2.34. The van der Waals surface area contributed by atoms with E-state index in [4.69, 9.17) is 5.26 Å². The molecule has 0 amide bonds. The van der Waals surface area contributed by atoms with Crippen LogP contribution in [0, 0.1) is 11.3 Å². The standard InChI is InChI=1S/C14H10F2N4/c15-14(16)20-6-4-18-13(20)9-19-5-3-11-7-10(8-17)1-2-12(11)19/h1-7,14H,9H2. The van der Waals surface area contributed by atoms with Crippen LogP contribution in [0.4, 0.5) is 8.78 Å². The van der Waals surface area contributed by atoms with Crippen LogP contribution in [-0.2, 0) is 6.54 Å². The van der Waals surface area contributed by atoms with Crippen molar-refractivity contribution in [3.63, 3.8) is 0 Å². The molecule has 0 radical (unpaired) electrons. The summed E-state index contributed by atoms with van der Waals surface area (Å²) in [5.74, 6) is 0.293. The first-order valence-electron chi connectivity index (χ1n) is 5.98. The lowest BCUT2D eigenvalue weighted by atomic mass is 10.2. The monoisotopic (exact) mass is 272 g/mol. The fourth-order valence-corrected chi connectivity index (χ4v) is 2.20. The van der Waals surface area contributed by atoms with Gasteiger partial charge < -0.3 is 4.57 Å². The molecule has 0 saturated carbocycles. The predicted molar refractivity (Wildman–Crippen MR) is 69.2 cm³/mol. The molecule has 0 aliphatic carbocycles. The Bertz CT molecular complexity index is 795. The fraction of sp³-hybridized carbons (Fsp3) is 0.143. The smallest absolute Gasteiger partial charge is 0.319 e. The van der Waals surface area contributed by atoms with E-state index >= 15 is 0 Å². The molecule has 0 aliphatic rings. The van der Waals surface area contributed by atoms with Gasteiger partial charge in [-0.15, -0.1) is 0 Å². The molecular weight excluding hydrogens is 262 g/mol. The highest BCUT2D eigenvalue weighted by Gasteiger charge is 2.12.